The zero-order valence-corrected chi connectivity index (χ0v) is 10.8. The van der Waals surface area contributed by atoms with Crippen LogP contribution in [0.5, 0.6) is 0 Å². The van der Waals surface area contributed by atoms with E-state index in [9.17, 15) is 0 Å². The molecular formula is C11H22N2OS. The number of thioether (sulfide) groups is 1. The van der Waals surface area contributed by atoms with Crippen molar-refractivity contribution in [1.29, 1.82) is 0 Å². The third-order valence-corrected chi connectivity index (χ3v) is 3.67. The zero-order valence-electron chi connectivity index (χ0n) is 10.0. The molecule has 0 fully saturated rings. The molecule has 1 N–H and O–H groups in total. The molecule has 88 valence electrons. The molecule has 0 atom stereocenters. The number of nitrogens with one attached hydrogen (secondary N) is 1. The highest BCUT2D eigenvalue weighted by Crippen LogP contribution is 2.26. The van der Waals surface area contributed by atoms with E-state index in [4.69, 9.17) is 4.74 Å². The molecule has 0 aromatic heterocycles. The first kappa shape index (κ1) is 12.8. The Bertz CT molecular complexity index is 217. The van der Waals surface area contributed by atoms with E-state index in [0.717, 1.165) is 43.6 Å². The smallest absolute Gasteiger partial charge is 0.156 e. The van der Waals surface area contributed by atoms with Crippen LogP contribution in [0.25, 0.3) is 0 Å². The minimum atomic E-state index is 0.362. The van der Waals surface area contributed by atoms with Gasteiger partial charge in [0.15, 0.2) is 5.17 Å². The number of ether oxygens (including phenoxy) is 1. The van der Waals surface area contributed by atoms with Crippen molar-refractivity contribution in [1.82, 2.24) is 5.32 Å². The van der Waals surface area contributed by atoms with Crippen molar-refractivity contribution in [2.45, 2.75) is 27.2 Å². The van der Waals surface area contributed by atoms with Crippen molar-refractivity contribution in [2.75, 3.05) is 32.1 Å². The standard InChI is InChI=1S/C11H22N2OS/c1-4-14-7-5-6-12-10-13-8-11(2,3)9-15-10/h4-9H2,1-3H3,(H,12,13). The molecule has 0 bridgehead atoms. The van der Waals surface area contributed by atoms with E-state index in [0.29, 0.717) is 5.41 Å². The second kappa shape index (κ2) is 6.38. The highest BCUT2D eigenvalue weighted by molar-refractivity contribution is 8.13. The fourth-order valence-electron chi connectivity index (χ4n) is 1.26. The molecule has 15 heavy (non-hydrogen) atoms. The predicted molar refractivity (Wildman–Crippen MR) is 67.7 cm³/mol. The highest BCUT2D eigenvalue weighted by Gasteiger charge is 2.22. The number of amidine groups is 1. The molecule has 0 aliphatic carbocycles. The third kappa shape index (κ3) is 5.42. The average molecular weight is 230 g/mol. The van der Waals surface area contributed by atoms with Crippen molar-refractivity contribution in [3.8, 4) is 0 Å². The predicted octanol–water partition coefficient (Wildman–Crippen LogP) is 2.13. The lowest BCUT2D eigenvalue weighted by Gasteiger charge is -2.27. The Balaban J connectivity index is 2.10. The summed E-state index contributed by atoms with van der Waals surface area (Å²) >= 11 is 1.83. The molecule has 0 saturated heterocycles. The third-order valence-electron chi connectivity index (χ3n) is 2.20. The lowest BCUT2D eigenvalue weighted by molar-refractivity contribution is 0.146. The van der Waals surface area contributed by atoms with Gasteiger partial charge in [0.05, 0.1) is 0 Å². The fourth-order valence-corrected chi connectivity index (χ4v) is 2.24. The van der Waals surface area contributed by atoms with E-state index in [1.54, 1.807) is 0 Å². The number of rotatable bonds is 5. The second-order valence-corrected chi connectivity index (χ2v) is 5.52. The van der Waals surface area contributed by atoms with Crippen LogP contribution in [0.1, 0.15) is 27.2 Å². The molecule has 1 heterocycles. The quantitative estimate of drug-likeness (QED) is 0.735. The van der Waals surface area contributed by atoms with Gasteiger partial charge >= 0.3 is 0 Å². The van der Waals surface area contributed by atoms with Crippen LogP contribution in [0, 0.1) is 5.41 Å². The lowest BCUT2D eigenvalue weighted by Crippen LogP contribution is -2.32. The van der Waals surface area contributed by atoms with Gasteiger partial charge in [-0.1, -0.05) is 25.6 Å². The number of aliphatic imine (C=N–C) groups is 1. The Kier molecular flexibility index (Phi) is 5.47. The van der Waals surface area contributed by atoms with Gasteiger partial charge in [0.1, 0.15) is 0 Å². The topological polar surface area (TPSA) is 33.6 Å². The Morgan fingerprint density at radius 3 is 2.93 bits per heavy atom. The van der Waals surface area contributed by atoms with E-state index in [2.05, 4.69) is 24.2 Å². The van der Waals surface area contributed by atoms with Crippen molar-refractivity contribution in [3.63, 3.8) is 0 Å². The Hall–Kier alpha value is -0.220. The summed E-state index contributed by atoms with van der Waals surface area (Å²) in [6.07, 6.45) is 1.05. The maximum Gasteiger partial charge on any atom is 0.156 e. The Morgan fingerprint density at radius 1 is 1.53 bits per heavy atom. The van der Waals surface area contributed by atoms with Crippen LogP contribution in [0.15, 0.2) is 4.99 Å². The SMILES string of the molecule is CCOCCCNC1=NCC(C)(C)CS1. The molecule has 0 aromatic carbocycles. The van der Waals surface area contributed by atoms with E-state index < -0.39 is 0 Å². The first-order valence-electron chi connectivity index (χ1n) is 5.63. The first-order chi connectivity index (χ1) is 7.14. The van der Waals surface area contributed by atoms with Gasteiger partial charge < -0.3 is 10.1 Å². The van der Waals surface area contributed by atoms with E-state index >= 15 is 0 Å². The van der Waals surface area contributed by atoms with Crippen LogP contribution in [0.4, 0.5) is 0 Å². The molecule has 1 aliphatic rings. The summed E-state index contributed by atoms with van der Waals surface area (Å²) in [5.74, 6) is 1.16. The van der Waals surface area contributed by atoms with Gasteiger partial charge in [0.25, 0.3) is 0 Å². The van der Waals surface area contributed by atoms with Crippen LogP contribution in [-0.4, -0.2) is 37.2 Å². The van der Waals surface area contributed by atoms with Crippen molar-refractivity contribution >= 4 is 16.9 Å². The number of hydrogen-bond acceptors (Lipinski definition) is 4. The van der Waals surface area contributed by atoms with Gasteiger partial charge in [0.2, 0.25) is 0 Å². The summed E-state index contributed by atoms with van der Waals surface area (Å²) in [5, 5.41) is 4.45. The van der Waals surface area contributed by atoms with E-state index in [1.807, 2.05) is 18.7 Å². The molecular weight excluding hydrogens is 208 g/mol. The molecule has 0 radical (unpaired) electrons. The van der Waals surface area contributed by atoms with Crippen LogP contribution in [0.2, 0.25) is 0 Å². The van der Waals surface area contributed by atoms with Gasteiger partial charge in [-0.15, -0.1) is 0 Å². The largest absolute Gasteiger partial charge is 0.382 e. The molecule has 0 amide bonds. The van der Waals surface area contributed by atoms with E-state index in [1.165, 1.54) is 0 Å². The summed E-state index contributed by atoms with van der Waals surface area (Å²) in [6, 6.07) is 0. The minimum absolute atomic E-state index is 0.362. The molecule has 0 saturated carbocycles. The molecule has 0 unspecified atom stereocenters. The molecule has 1 aliphatic heterocycles. The summed E-state index contributed by atoms with van der Waals surface area (Å²) in [6.45, 7) is 10.1. The van der Waals surface area contributed by atoms with E-state index in [-0.39, 0.29) is 0 Å². The normalized spacial score (nSPS) is 19.8. The number of hydrogen-bond donors (Lipinski definition) is 1. The monoisotopic (exact) mass is 230 g/mol. The maximum absolute atomic E-state index is 5.27. The first-order valence-corrected chi connectivity index (χ1v) is 6.61. The fraction of sp³-hybridized carbons (Fsp3) is 0.909. The van der Waals surface area contributed by atoms with Crippen LogP contribution >= 0.6 is 11.8 Å². The number of nitrogens with zero attached hydrogens (tertiary/aromatic N) is 1. The van der Waals surface area contributed by atoms with Crippen LogP contribution < -0.4 is 5.32 Å². The summed E-state index contributed by atoms with van der Waals surface area (Å²) in [4.78, 5) is 4.53. The summed E-state index contributed by atoms with van der Waals surface area (Å²) < 4.78 is 5.27. The highest BCUT2D eigenvalue weighted by atomic mass is 32.2. The average Bonchev–Trinajstić information content (AvgIpc) is 2.20. The summed E-state index contributed by atoms with van der Waals surface area (Å²) in [7, 11) is 0. The molecule has 3 nitrogen and oxygen atoms in total. The Morgan fingerprint density at radius 2 is 2.33 bits per heavy atom. The maximum atomic E-state index is 5.27. The van der Waals surface area contributed by atoms with Crippen molar-refractivity contribution in [3.05, 3.63) is 0 Å². The van der Waals surface area contributed by atoms with Gasteiger partial charge in [-0.2, -0.15) is 0 Å². The van der Waals surface area contributed by atoms with Crippen LogP contribution in [0.3, 0.4) is 0 Å². The van der Waals surface area contributed by atoms with Gasteiger partial charge in [-0.3, -0.25) is 4.99 Å². The van der Waals surface area contributed by atoms with Crippen molar-refractivity contribution < 1.29 is 4.74 Å². The van der Waals surface area contributed by atoms with Crippen molar-refractivity contribution in [2.24, 2.45) is 10.4 Å². The Labute approximate surface area is 97.1 Å². The van der Waals surface area contributed by atoms with Crippen LogP contribution in [-0.2, 0) is 4.74 Å². The summed E-state index contributed by atoms with van der Waals surface area (Å²) in [5.41, 5.74) is 0.362. The van der Waals surface area contributed by atoms with Gasteiger partial charge in [-0.05, 0) is 18.8 Å². The zero-order chi connectivity index (χ0) is 11.1. The van der Waals surface area contributed by atoms with Gasteiger partial charge in [0, 0.05) is 32.1 Å². The molecule has 0 spiro atoms. The second-order valence-electron chi connectivity index (χ2n) is 4.55. The van der Waals surface area contributed by atoms with Gasteiger partial charge in [-0.25, -0.2) is 0 Å². The lowest BCUT2D eigenvalue weighted by atomic mass is 9.97. The molecule has 1 rings (SSSR count). The molecule has 0 aromatic rings. The minimum Gasteiger partial charge on any atom is -0.382 e. The molecule has 4 heteroatoms.